The summed E-state index contributed by atoms with van der Waals surface area (Å²) >= 11 is 0. The van der Waals surface area contributed by atoms with Crippen LogP contribution in [0.3, 0.4) is 0 Å². The Morgan fingerprint density at radius 1 is 1.56 bits per heavy atom. The average Bonchev–Trinajstić information content (AvgIpc) is 2.21. The number of nitrogens with zero attached hydrogens (tertiary/aromatic N) is 1. The van der Waals surface area contributed by atoms with Crippen molar-refractivity contribution in [3.8, 4) is 0 Å². The number of nitro groups is 1. The number of nitro benzene ring substituents is 1. The van der Waals surface area contributed by atoms with Gasteiger partial charge in [-0.05, 0) is 19.9 Å². The fourth-order valence-electron chi connectivity index (χ4n) is 1.29. The van der Waals surface area contributed by atoms with E-state index in [0.29, 0.717) is 0 Å². The number of halogens is 1. The molecule has 0 radical (unpaired) electrons. The first kappa shape index (κ1) is 12.1. The summed E-state index contributed by atoms with van der Waals surface area (Å²) in [6.07, 6.45) is 0. The summed E-state index contributed by atoms with van der Waals surface area (Å²) in [5.74, 6) is -1.56. The molecule has 0 aromatic heterocycles. The molecule has 0 aliphatic heterocycles. The highest BCUT2D eigenvalue weighted by atomic mass is 19.1. The van der Waals surface area contributed by atoms with E-state index in [4.69, 9.17) is 0 Å². The Labute approximate surface area is 91.0 Å². The summed E-state index contributed by atoms with van der Waals surface area (Å²) in [5.41, 5.74) is -0.850. The van der Waals surface area contributed by atoms with Gasteiger partial charge in [-0.3, -0.25) is 10.1 Å². The lowest BCUT2D eigenvalue weighted by molar-refractivity contribution is -0.385. The number of carbonyl (C=O) groups excluding carboxylic acids is 1. The third-order valence-electron chi connectivity index (χ3n) is 2.05. The molecule has 0 unspecified atom stereocenters. The molecule has 16 heavy (non-hydrogen) atoms. The molecular formula is C10H10FNO4. The zero-order chi connectivity index (χ0) is 12.3. The molecule has 1 aromatic rings. The number of carbonyl (C=O) groups is 1. The smallest absolute Gasteiger partial charge is 0.345 e. The van der Waals surface area contributed by atoms with Crippen LogP contribution in [0.2, 0.25) is 0 Å². The molecule has 5 nitrogen and oxygen atoms in total. The fourth-order valence-corrected chi connectivity index (χ4v) is 1.29. The van der Waals surface area contributed by atoms with Crippen molar-refractivity contribution in [3.05, 3.63) is 39.2 Å². The Hall–Kier alpha value is -1.98. The van der Waals surface area contributed by atoms with Crippen molar-refractivity contribution in [3.63, 3.8) is 0 Å². The molecule has 0 fully saturated rings. The third-order valence-corrected chi connectivity index (χ3v) is 2.05. The second-order valence-corrected chi connectivity index (χ2v) is 3.04. The Balaban J connectivity index is 3.37. The van der Waals surface area contributed by atoms with Gasteiger partial charge in [-0.1, -0.05) is 0 Å². The van der Waals surface area contributed by atoms with E-state index >= 15 is 0 Å². The molecule has 0 heterocycles. The van der Waals surface area contributed by atoms with Crippen molar-refractivity contribution >= 4 is 11.7 Å². The SMILES string of the molecule is CCOC(=O)c1c([N+](=O)[O-])ccc(F)c1C. The molecule has 0 amide bonds. The molecule has 86 valence electrons. The van der Waals surface area contributed by atoms with Crippen LogP contribution in [0.25, 0.3) is 0 Å². The van der Waals surface area contributed by atoms with Crippen LogP contribution in [0, 0.1) is 22.9 Å². The first-order valence-electron chi connectivity index (χ1n) is 4.59. The fraction of sp³-hybridized carbons (Fsp3) is 0.300. The normalized spacial score (nSPS) is 9.94. The molecule has 1 rings (SSSR count). The quantitative estimate of drug-likeness (QED) is 0.451. The Kier molecular flexibility index (Phi) is 3.55. The number of hydrogen-bond acceptors (Lipinski definition) is 4. The zero-order valence-electron chi connectivity index (χ0n) is 8.82. The largest absolute Gasteiger partial charge is 0.462 e. The van der Waals surface area contributed by atoms with Gasteiger partial charge in [-0.15, -0.1) is 0 Å². The van der Waals surface area contributed by atoms with Crippen LogP contribution >= 0.6 is 0 Å². The maximum absolute atomic E-state index is 13.2. The van der Waals surface area contributed by atoms with E-state index in [1.54, 1.807) is 6.92 Å². The molecule has 0 saturated carbocycles. The lowest BCUT2D eigenvalue weighted by Gasteiger charge is -2.06. The van der Waals surface area contributed by atoms with Gasteiger partial charge in [0, 0.05) is 11.6 Å². The highest BCUT2D eigenvalue weighted by molar-refractivity contribution is 5.95. The number of hydrogen-bond donors (Lipinski definition) is 0. The molecule has 0 bridgehead atoms. The van der Waals surface area contributed by atoms with Crippen LogP contribution in [0.1, 0.15) is 22.8 Å². The van der Waals surface area contributed by atoms with Crippen molar-refractivity contribution in [2.75, 3.05) is 6.61 Å². The van der Waals surface area contributed by atoms with Crippen LogP contribution in [0.15, 0.2) is 12.1 Å². The zero-order valence-corrected chi connectivity index (χ0v) is 8.82. The molecule has 0 aliphatic rings. The molecule has 1 aromatic carbocycles. The number of ether oxygens (including phenoxy) is 1. The van der Waals surface area contributed by atoms with Crippen molar-refractivity contribution in [1.82, 2.24) is 0 Å². The molecule has 6 heteroatoms. The second kappa shape index (κ2) is 4.69. The maximum atomic E-state index is 13.2. The van der Waals surface area contributed by atoms with Gasteiger partial charge in [0.1, 0.15) is 11.4 Å². The van der Waals surface area contributed by atoms with Crippen molar-refractivity contribution < 1.29 is 18.8 Å². The first-order valence-corrected chi connectivity index (χ1v) is 4.59. The predicted molar refractivity (Wildman–Crippen MR) is 53.7 cm³/mol. The maximum Gasteiger partial charge on any atom is 0.345 e. The predicted octanol–water partition coefficient (Wildman–Crippen LogP) is 2.22. The van der Waals surface area contributed by atoms with E-state index in [9.17, 15) is 19.3 Å². The summed E-state index contributed by atoms with van der Waals surface area (Å²) in [7, 11) is 0. The minimum Gasteiger partial charge on any atom is -0.462 e. The van der Waals surface area contributed by atoms with Gasteiger partial charge in [-0.25, -0.2) is 9.18 Å². The van der Waals surface area contributed by atoms with Crippen LogP contribution in [-0.2, 0) is 4.74 Å². The highest BCUT2D eigenvalue weighted by Crippen LogP contribution is 2.24. The Bertz CT molecular complexity index is 445. The summed E-state index contributed by atoms with van der Waals surface area (Å²) in [5, 5.41) is 10.7. The average molecular weight is 227 g/mol. The van der Waals surface area contributed by atoms with Crippen LogP contribution in [0.4, 0.5) is 10.1 Å². The minimum absolute atomic E-state index is 0.0753. The van der Waals surface area contributed by atoms with Crippen LogP contribution in [-0.4, -0.2) is 17.5 Å². The molecule has 0 N–H and O–H groups in total. The second-order valence-electron chi connectivity index (χ2n) is 3.04. The topological polar surface area (TPSA) is 69.4 Å². The minimum atomic E-state index is -0.883. The van der Waals surface area contributed by atoms with Crippen LogP contribution < -0.4 is 0 Å². The number of rotatable bonds is 3. The van der Waals surface area contributed by atoms with Crippen molar-refractivity contribution in [1.29, 1.82) is 0 Å². The van der Waals surface area contributed by atoms with E-state index in [0.717, 1.165) is 12.1 Å². The van der Waals surface area contributed by atoms with Gasteiger partial charge >= 0.3 is 5.97 Å². The van der Waals surface area contributed by atoms with E-state index < -0.39 is 22.4 Å². The molecule has 0 atom stereocenters. The highest BCUT2D eigenvalue weighted by Gasteiger charge is 2.25. The van der Waals surface area contributed by atoms with Gasteiger partial charge in [0.25, 0.3) is 5.69 Å². The number of esters is 1. The van der Waals surface area contributed by atoms with Crippen molar-refractivity contribution in [2.24, 2.45) is 0 Å². The first-order chi connectivity index (χ1) is 7.49. The summed E-state index contributed by atoms with van der Waals surface area (Å²) < 4.78 is 17.8. The van der Waals surface area contributed by atoms with Crippen molar-refractivity contribution in [2.45, 2.75) is 13.8 Å². The Morgan fingerprint density at radius 2 is 2.19 bits per heavy atom. The lowest BCUT2D eigenvalue weighted by atomic mass is 10.1. The van der Waals surface area contributed by atoms with E-state index in [1.807, 2.05) is 0 Å². The van der Waals surface area contributed by atoms with Gasteiger partial charge in [-0.2, -0.15) is 0 Å². The van der Waals surface area contributed by atoms with E-state index in [1.165, 1.54) is 6.92 Å². The third kappa shape index (κ3) is 2.16. The molecular weight excluding hydrogens is 217 g/mol. The molecule has 0 saturated heterocycles. The van der Waals surface area contributed by atoms with E-state index in [-0.39, 0.29) is 17.7 Å². The summed E-state index contributed by atoms with van der Waals surface area (Å²) in [6, 6.07) is 1.91. The Morgan fingerprint density at radius 3 is 2.69 bits per heavy atom. The molecule has 0 aliphatic carbocycles. The summed E-state index contributed by atoms with van der Waals surface area (Å²) in [6.45, 7) is 2.94. The summed E-state index contributed by atoms with van der Waals surface area (Å²) in [4.78, 5) is 21.4. The standard InChI is InChI=1S/C10H10FNO4/c1-3-16-10(13)9-6(2)7(11)4-5-8(9)12(14)15/h4-5H,3H2,1-2H3. The van der Waals surface area contributed by atoms with Crippen LogP contribution in [0.5, 0.6) is 0 Å². The van der Waals surface area contributed by atoms with Gasteiger partial charge < -0.3 is 4.74 Å². The monoisotopic (exact) mass is 227 g/mol. The van der Waals surface area contributed by atoms with Gasteiger partial charge in [0.15, 0.2) is 0 Å². The lowest BCUT2D eigenvalue weighted by Crippen LogP contribution is -2.11. The van der Waals surface area contributed by atoms with E-state index in [2.05, 4.69) is 4.74 Å². The number of benzene rings is 1. The molecule has 0 spiro atoms. The van der Waals surface area contributed by atoms with Gasteiger partial charge in [0.2, 0.25) is 0 Å². The van der Waals surface area contributed by atoms with Gasteiger partial charge in [0.05, 0.1) is 11.5 Å².